The van der Waals surface area contributed by atoms with Gasteiger partial charge in [0.1, 0.15) is 0 Å². The molecule has 12 heavy (non-hydrogen) atoms. The number of ether oxygens (including phenoxy) is 1. The molecule has 1 aromatic heterocycles. The molecule has 1 rings (SSSR count). The van der Waals surface area contributed by atoms with Crippen molar-refractivity contribution in [1.29, 1.82) is 0 Å². The summed E-state index contributed by atoms with van der Waals surface area (Å²) in [5.41, 5.74) is 8.28. The lowest BCUT2D eigenvalue weighted by Crippen LogP contribution is -2.01. The minimum atomic E-state index is 0.384. The zero-order valence-electron chi connectivity index (χ0n) is 6.95. The normalized spacial score (nSPS) is 10.2. The van der Waals surface area contributed by atoms with E-state index in [1.165, 1.54) is 0 Å². The lowest BCUT2D eigenvalue weighted by atomic mass is 10.2. The topological polar surface area (TPSA) is 48.1 Å². The molecule has 66 valence electrons. The highest BCUT2D eigenvalue weighted by Crippen LogP contribution is 2.14. The Labute approximate surface area is 77.4 Å². The van der Waals surface area contributed by atoms with Gasteiger partial charge >= 0.3 is 0 Å². The summed E-state index contributed by atoms with van der Waals surface area (Å²) in [7, 11) is 0. The van der Waals surface area contributed by atoms with Crippen LogP contribution in [0.15, 0.2) is 12.3 Å². The first kappa shape index (κ1) is 9.35. The third-order valence-corrected chi connectivity index (χ3v) is 1.80. The Morgan fingerprint density at radius 3 is 3.08 bits per heavy atom. The van der Waals surface area contributed by atoms with Gasteiger partial charge in [-0.1, -0.05) is 0 Å². The average molecular weight is 184 g/mol. The maximum absolute atomic E-state index is 5.76. The van der Waals surface area contributed by atoms with Gasteiger partial charge in [-0.2, -0.15) is 12.6 Å². The predicted octanol–water partition coefficient (Wildman–Crippen LogP) is 1.38. The SMILES string of the molecule is Cc1ccnc(COCS)c1N. The van der Waals surface area contributed by atoms with Gasteiger partial charge in [0.15, 0.2) is 0 Å². The van der Waals surface area contributed by atoms with E-state index in [2.05, 4.69) is 17.6 Å². The van der Waals surface area contributed by atoms with Crippen LogP contribution in [0.1, 0.15) is 11.3 Å². The van der Waals surface area contributed by atoms with Gasteiger partial charge in [0.05, 0.1) is 23.9 Å². The molecule has 0 radical (unpaired) electrons. The Hall–Kier alpha value is -0.740. The molecule has 0 atom stereocenters. The van der Waals surface area contributed by atoms with Crippen LogP contribution < -0.4 is 5.73 Å². The van der Waals surface area contributed by atoms with Crippen LogP contribution >= 0.6 is 12.6 Å². The first-order chi connectivity index (χ1) is 5.75. The van der Waals surface area contributed by atoms with Crippen LogP contribution in [-0.4, -0.2) is 10.9 Å². The smallest absolute Gasteiger partial charge is 0.0920 e. The van der Waals surface area contributed by atoms with Crippen LogP contribution in [0.4, 0.5) is 5.69 Å². The van der Waals surface area contributed by atoms with Crippen molar-refractivity contribution in [3.05, 3.63) is 23.5 Å². The molecule has 0 saturated carbocycles. The van der Waals surface area contributed by atoms with Crippen LogP contribution in [0.2, 0.25) is 0 Å². The minimum Gasteiger partial charge on any atom is -0.397 e. The number of pyridine rings is 1. The predicted molar refractivity (Wildman–Crippen MR) is 52.0 cm³/mol. The summed E-state index contributed by atoms with van der Waals surface area (Å²) in [6, 6.07) is 1.87. The van der Waals surface area contributed by atoms with Crippen molar-refractivity contribution in [2.45, 2.75) is 13.5 Å². The molecule has 1 heterocycles. The molecule has 0 unspecified atom stereocenters. The zero-order valence-corrected chi connectivity index (χ0v) is 7.84. The van der Waals surface area contributed by atoms with E-state index >= 15 is 0 Å². The van der Waals surface area contributed by atoms with Crippen LogP contribution in [0, 0.1) is 6.92 Å². The number of nitrogens with zero attached hydrogens (tertiary/aromatic N) is 1. The Morgan fingerprint density at radius 2 is 2.42 bits per heavy atom. The minimum absolute atomic E-state index is 0.384. The molecule has 0 aliphatic carbocycles. The largest absolute Gasteiger partial charge is 0.397 e. The second kappa shape index (κ2) is 4.33. The van der Waals surface area contributed by atoms with Gasteiger partial charge in [0, 0.05) is 6.20 Å². The van der Waals surface area contributed by atoms with Gasteiger partial charge in [-0.15, -0.1) is 0 Å². The molecular formula is C8H12N2OS. The summed E-state index contributed by atoms with van der Waals surface area (Å²) < 4.78 is 5.08. The van der Waals surface area contributed by atoms with Gasteiger partial charge in [-0.05, 0) is 18.6 Å². The maximum Gasteiger partial charge on any atom is 0.0920 e. The number of hydrogen-bond donors (Lipinski definition) is 2. The van der Waals surface area contributed by atoms with Crippen molar-refractivity contribution in [2.75, 3.05) is 11.7 Å². The second-order valence-corrected chi connectivity index (χ2v) is 2.72. The highest BCUT2D eigenvalue weighted by Gasteiger charge is 2.01. The molecule has 0 fully saturated rings. The maximum atomic E-state index is 5.76. The summed E-state index contributed by atoms with van der Waals surface area (Å²) in [4.78, 5) is 4.09. The molecular weight excluding hydrogens is 172 g/mol. The summed E-state index contributed by atoms with van der Waals surface area (Å²) in [5.74, 6) is 0.384. The second-order valence-electron chi connectivity index (χ2n) is 2.47. The third-order valence-electron chi connectivity index (χ3n) is 1.62. The molecule has 0 amide bonds. The molecule has 0 aromatic carbocycles. The number of aromatic nitrogens is 1. The summed E-state index contributed by atoms with van der Waals surface area (Å²) in [6.07, 6.45) is 1.73. The fourth-order valence-electron chi connectivity index (χ4n) is 0.883. The quantitative estimate of drug-likeness (QED) is 0.551. The number of rotatable bonds is 3. The Morgan fingerprint density at radius 1 is 1.67 bits per heavy atom. The molecule has 2 N–H and O–H groups in total. The van der Waals surface area contributed by atoms with Crippen LogP contribution in [0.25, 0.3) is 0 Å². The molecule has 0 aliphatic heterocycles. The molecule has 3 nitrogen and oxygen atoms in total. The van der Waals surface area contributed by atoms with Crippen molar-refractivity contribution in [3.8, 4) is 0 Å². The Kier molecular flexibility index (Phi) is 3.37. The van der Waals surface area contributed by atoms with Crippen LogP contribution in [0.3, 0.4) is 0 Å². The monoisotopic (exact) mass is 184 g/mol. The fraction of sp³-hybridized carbons (Fsp3) is 0.375. The van der Waals surface area contributed by atoms with E-state index < -0.39 is 0 Å². The molecule has 4 heteroatoms. The number of nitrogen functional groups attached to an aromatic ring is 1. The van der Waals surface area contributed by atoms with Gasteiger partial charge in [0.25, 0.3) is 0 Å². The zero-order chi connectivity index (χ0) is 8.97. The lowest BCUT2D eigenvalue weighted by Gasteiger charge is -2.05. The third kappa shape index (κ3) is 2.12. The van der Waals surface area contributed by atoms with Gasteiger partial charge in [-0.25, -0.2) is 0 Å². The average Bonchev–Trinajstić information content (AvgIpc) is 2.08. The molecule has 0 saturated heterocycles. The number of anilines is 1. The Balaban J connectivity index is 2.78. The molecule has 0 bridgehead atoms. The molecule has 0 spiro atoms. The first-order valence-electron chi connectivity index (χ1n) is 3.64. The van der Waals surface area contributed by atoms with Crippen molar-refractivity contribution >= 4 is 18.3 Å². The van der Waals surface area contributed by atoms with Crippen molar-refractivity contribution in [2.24, 2.45) is 0 Å². The van der Waals surface area contributed by atoms with Crippen LogP contribution in [-0.2, 0) is 11.3 Å². The van der Waals surface area contributed by atoms with E-state index in [0.29, 0.717) is 18.2 Å². The van der Waals surface area contributed by atoms with Gasteiger partial charge in [0.2, 0.25) is 0 Å². The summed E-state index contributed by atoms with van der Waals surface area (Å²) in [5, 5.41) is 0. The standard InChI is InChI=1S/C8H12N2OS/c1-6-2-3-10-7(8(6)9)4-11-5-12/h2-3,12H,4-5,9H2,1H3. The number of nitrogens with two attached hydrogens (primary N) is 1. The highest BCUT2D eigenvalue weighted by molar-refractivity contribution is 7.80. The molecule has 1 aromatic rings. The van der Waals surface area contributed by atoms with Crippen molar-refractivity contribution < 1.29 is 4.74 Å². The van der Waals surface area contributed by atoms with E-state index in [-0.39, 0.29) is 0 Å². The van der Waals surface area contributed by atoms with Crippen LogP contribution in [0.5, 0.6) is 0 Å². The van der Waals surface area contributed by atoms with E-state index in [9.17, 15) is 0 Å². The number of hydrogen-bond acceptors (Lipinski definition) is 4. The van der Waals surface area contributed by atoms with Crippen molar-refractivity contribution in [3.63, 3.8) is 0 Å². The fourth-order valence-corrected chi connectivity index (χ4v) is 0.975. The lowest BCUT2D eigenvalue weighted by molar-refractivity contribution is 0.167. The van der Waals surface area contributed by atoms with E-state index in [1.807, 2.05) is 13.0 Å². The highest BCUT2D eigenvalue weighted by atomic mass is 32.1. The van der Waals surface area contributed by atoms with E-state index in [0.717, 1.165) is 11.3 Å². The number of aryl methyl sites for hydroxylation is 1. The molecule has 0 aliphatic rings. The first-order valence-corrected chi connectivity index (χ1v) is 4.27. The Bertz CT molecular complexity index is 265. The van der Waals surface area contributed by atoms with Gasteiger partial charge in [-0.3, -0.25) is 4.98 Å². The summed E-state index contributed by atoms with van der Waals surface area (Å²) in [6.45, 7) is 2.37. The van der Waals surface area contributed by atoms with E-state index in [1.54, 1.807) is 6.20 Å². The number of thiol groups is 1. The van der Waals surface area contributed by atoms with Crippen molar-refractivity contribution in [1.82, 2.24) is 4.98 Å². The summed E-state index contributed by atoms with van der Waals surface area (Å²) >= 11 is 3.92. The van der Waals surface area contributed by atoms with E-state index in [4.69, 9.17) is 10.5 Å². The van der Waals surface area contributed by atoms with Gasteiger partial charge < -0.3 is 10.5 Å².